The summed E-state index contributed by atoms with van der Waals surface area (Å²) in [6.45, 7) is 14.9. The van der Waals surface area contributed by atoms with Crippen molar-refractivity contribution in [3.05, 3.63) is 0 Å². The van der Waals surface area contributed by atoms with Crippen LogP contribution in [0.3, 0.4) is 0 Å². The first-order valence-corrected chi connectivity index (χ1v) is 15.6. The van der Waals surface area contributed by atoms with E-state index in [4.69, 9.17) is 9.47 Å². The highest BCUT2D eigenvalue weighted by atomic mass is 33.1. The first-order chi connectivity index (χ1) is 15.9. The fourth-order valence-corrected chi connectivity index (χ4v) is 6.66. The number of hydrogen-bond acceptors (Lipinski definition) is 6. The van der Waals surface area contributed by atoms with Gasteiger partial charge in [0.05, 0.1) is 0 Å². The van der Waals surface area contributed by atoms with E-state index in [-0.39, 0.29) is 12.2 Å². The average molecular weight is 517 g/mol. The molecule has 0 aromatic carbocycles. The van der Waals surface area contributed by atoms with Crippen molar-refractivity contribution in [2.45, 2.75) is 104 Å². The summed E-state index contributed by atoms with van der Waals surface area (Å²) < 4.78 is 11.0. The number of likely N-dealkylation sites (tertiary alicyclic amines) is 2. The van der Waals surface area contributed by atoms with Gasteiger partial charge in [-0.1, -0.05) is 21.6 Å². The van der Waals surface area contributed by atoms with Crippen molar-refractivity contribution in [3.8, 4) is 0 Å². The molecular weight excluding hydrogens is 468 g/mol. The van der Waals surface area contributed by atoms with Crippen LogP contribution < -0.4 is 0 Å². The van der Waals surface area contributed by atoms with E-state index in [0.29, 0.717) is 0 Å². The summed E-state index contributed by atoms with van der Waals surface area (Å²) in [5, 5.41) is 0. The van der Waals surface area contributed by atoms with Crippen molar-refractivity contribution in [1.82, 2.24) is 9.80 Å². The van der Waals surface area contributed by atoms with Crippen LogP contribution in [-0.4, -0.2) is 70.9 Å². The highest BCUT2D eigenvalue weighted by Crippen LogP contribution is 2.29. The van der Waals surface area contributed by atoms with Crippen LogP contribution in [0, 0.1) is 11.8 Å². The lowest BCUT2D eigenvalue weighted by atomic mass is 9.93. The van der Waals surface area contributed by atoms with Crippen LogP contribution >= 0.6 is 21.6 Å². The van der Waals surface area contributed by atoms with Gasteiger partial charge in [-0.05, 0) is 105 Å². The summed E-state index contributed by atoms with van der Waals surface area (Å²) in [6, 6.07) is 0. The molecule has 198 valence electrons. The Labute approximate surface area is 216 Å². The highest BCUT2D eigenvalue weighted by Gasteiger charge is 2.27. The second-order valence-electron chi connectivity index (χ2n) is 11.7. The van der Waals surface area contributed by atoms with Gasteiger partial charge in [-0.2, -0.15) is 0 Å². The third kappa shape index (κ3) is 12.3. The zero-order valence-corrected chi connectivity index (χ0v) is 24.0. The lowest BCUT2D eigenvalue weighted by Crippen LogP contribution is -2.41. The van der Waals surface area contributed by atoms with Gasteiger partial charge in [-0.3, -0.25) is 0 Å². The van der Waals surface area contributed by atoms with Gasteiger partial charge in [-0.15, -0.1) is 0 Å². The Morgan fingerprint density at radius 2 is 1.00 bits per heavy atom. The van der Waals surface area contributed by atoms with E-state index in [1.807, 2.05) is 72.9 Å². The molecule has 6 nitrogen and oxygen atoms in total. The fourth-order valence-electron chi connectivity index (χ4n) is 4.44. The van der Waals surface area contributed by atoms with Crippen LogP contribution in [0.2, 0.25) is 0 Å². The molecule has 0 aromatic rings. The third-order valence-electron chi connectivity index (χ3n) is 6.30. The normalized spacial score (nSPS) is 18.8. The molecule has 2 saturated heterocycles. The van der Waals surface area contributed by atoms with Crippen LogP contribution in [0.15, 0.2) is 0 Å². The fraction of sp³-hybridized carbons (Fsp3) is 0.923. The number of carbonyl (C=O) groups excluding carboxylic acids is 2. The van der Waals surface area contributed by atoms with Crippen LogP contribution in [0.5, 0.6) is 0 Å². The molecule has 0 aromatic heterocycles. The maximum atomic E-state index is 12.2. The maximum Gasteiger partial charge on any atom is 0.410 e. The minimum absolute atomic E-state index is 0.161. The molecule has 0 aliphatic carbocycles. The summed E-state index contributed by atoms with van der Waals surface area (Å²) in [6.07, 6.45) is 9.15. The molecule has 34 heavy (non-hydrogen) atoms. The van der Waals surface area contributed by atoms with E-state index in [0.717, 1.165) is 63.7 Å². The summed E-state index contributed by atoms with van der Waals surface area (Å²) in [5.41, 5.74) is -0.829. The zero-order valence-electron chi connectivity index (χ0n) is 22.4. The molecule has 2 rings (SSSR count). The molecule has 0 bridgehead atoms. The first kappa shape index (κ1) is 29.5. The number of hydrogen-bond donors (Lipinski definition) is 0. The Bertz CT molecular complexity index is 563. The standard InChI is InChI=1S/C26H48N2O4S2/c1-25(2,3)31-23(29)27-15-11-21(12-16-27)9-7-19-33-34-20-8-10-22-13-17-28(18-14-22)24(30)32-26(4,5)6/h21-22H,7-20H2,1-6H3. The lowest BCUT2D eigenvalue weighted by molar-refractivity contribution is 0.0170. The number of carbonyl (C=O) groups is 2. The van der Waals surface area contributed by atoms with Crippen molar-refractivity contribution in [2.75, 3.05) is 37.7 Å². The largest absolute Gasteiger partial charge is 0.444 e. The van der Waals surface area contributed by atoms with E-state index >= 15 is 0 Å². The molecule has 2 aliphatic rings. The van der Waals surface area contributed by atoms with E-state index in [1.165, 1.54) is 37.2 Å². The van der Waals surface area contributed by atoms with E-state index in [2.05, 4.69) is 0 Å². The minimum atomic E-state index is -0.414. The quantitative estimate of drug-likeness (QED) is 0.238. The maximum absolute atomic E-state index is 12.2. The number of piperidine rings is 2. The first-order valence-electron chi connectivity index (χ1n) is 13.1. The van der Waals surface area contributed by atoms with Gasteiger partial charge in [0.1, 0.15) is 11.2 Å². The van der Waals surface area contributed by atoms with Crippen molar-refractivity contribution in [2.24, 2.45) is 11.8 Å². The number of rotatable bonds is 9. The Kier molecular flexibility index (Phi) is 12.2. The van der Waals surface area contributed by atoms with Gasteiger partial charge >= 0.3 is 12.2 Å². The highest BCUT2D eigenvalue weighted by molar-refractivity contribution is 8.76. The van der Waals surface area contributed by atoms with Crippen molar-refractivity contribution in [3.63, 3.8) is 0 Å². The van der Waals surface area contributed by atoms with Crippen molar-refractivity contribution in [1.29, 1.82) is 0 Å². The SMILES string of the molecule is CC(C)(C)OC(=O)N1CCC(CCCSSCCCC2CCN(C(=O)OC(C)(C)C)CC2)CC1. The molecule has 0 atom stereocenters. The zero-order chi connectivity index (χ0) is 25.2. The molecular formula is C26H48N2O4S2. The molecule has 2 heterocycles. The minimum Gasteiger partial charge on any atom is -0.444 e. The summed E-state index contributed by atoms with van der Waals surface area (Å²) in [5.74, 6) is 3.92. The number of nitrogens with zero attached hydrogens (tertiary/aromatic N) is 2. The Balaban J connectivity index is 1.43. The molecule has 0 unspecified atom stereocenters. The monoisotopic (exact) mass is 516 g/mol. The molecule has 0 radical (unpaired) electrons. The van der Waals surface area contributed by atoms with Gasteiger partial charge in [0.2, 0.25) is 0 Å². The number of ether oxygens (including phenoxy) is 2. The van der Waals surface area contributed by atoms with Crippen LogP contribution in [0.4, 0.5) is 9.59 Å². The van der Waals surface area contributed by atoms with Crippen molar-refractivity contribution < 1.29 is 19.1 Å². The van der Waals surface area contributed by atoms with Gasteiger partial charge in [-0.25, -0.2) is 9.59 Å². The Hall–Kier alpha value is -0.760. The van der Waals surface area contributed by atoms with Crippen LogP contribution in [-0.2, 0) is 9.47 Å². The van der Waals surface area contributed by atoms with E-state index in [1.54, 1.807) is 0 Å². The smallest absolute Gasteiger partial charge is 0.410 e. The summed E-state index contributed by atoms with van der Waals surface area (Å²) in [7, 11) is 4.02. The summed E-state index contributed by atoms with van der Waals surface area (Å²) >= 11 is 0. The topological polar surface area (TPSA) is 59.1 Å². The third-order valence-corrected chi connectivity index (χ3v) is 8.87. The van der Waals surface area contributed by atoms with Gasteiger partial charge in [0.15, 0.2) is 0 Å². The Morgan fingerprint density at radius 1 is 0.676 bits per heavy atom. The molecule has 2 fully saturated rings. The van der Waals surface area contributed by atoms with Gasteiger partial charge in [0.25, 0.3) is 0 Å². The second-order valence-corrected chi connectivity index (χ2v) is 14.5. The van der Waals surface area contributed by atoms with E-state index in [9.17, 15) is 9.59 Å². The van der Waals surface area contributed by atoms with Gasteiger partial charge in [0, 0.05) is 37.7 Å². The predicted molar refractivity (Wildman–Crippen MR) is 144 cm³/mol. The average Bonchev–Trinajstić information content (AvgIpc) is 2.74. The Morgan fingerprint density at radius 3 is 1.29 bits per heavy atom. The molecule has 2 aliphatic heterocycles. The summed E-state index contributed by atoms with van der Waals surface area (Å²) in [4.78, 5) is 28.1. The van der Waals surface area contributed by atoms with E-state index < -0.39 is 11.2 Å². The van der Waals surface area contributed by atoms with Crippen LogP contribution in [0.1, 0.15) is 92.9 Å². The van der Waals surface area contributed by atoms with Gasteiger partial charge < -0.3 is 19.3 Å². The van der Waals surface area contributed by atoms with Crippen molar-refractivity contribution >= 4 is 33.8 Å². The molecule has 2 amide bonds. The predicted octanol–water partition coefficient (Wildman–Crippen LogP) is 7.22. The van der Waals surface area contributed by atoms with Crippen LogP contribution in [0.25, 0.3) is 0 Å². The molecule has 0 N–H and O–H groups in total. The lowest BCUT2D eigenvalue weighted by Gasteiger charge is -2.33. The molecule has 0 spiro atoms. The molecule has 8 heteroatoms. The second kappa shape index (κ2) is 14.1. The number of amides is 2. The molecule has 0 saturated carbocycles.